The highest BCUT2D eigenvalue weighted by Crippen LogP contribution is 2.38. The maximum absolute atomic E-state index is 12.2. The molecule has 1 amide bonds. The predicted octanol–water partition coefficient (Wildman–Crippen LogP) is 2.46. The Balaban J connectivity index is 1.28. The average Bonchev–Trinajstić information content (AvgIpc) is 3.40. The van der Waals surface area contributed by atoms with Gasteiger partial charge in [-0.15, -0.1) is 0 Å². The second-order valence-electron chi connectivity index (χ2n) is 6.65. The molecule has 2 aliphatic rings. The van der Waals surface area contributed by atoms with Gasteiger partial charge in [-0.3, -0.25) is 4.79 Å². The van der Waals surface area contributed by atoms with Gasteiger partial charge in [-0.2, -0.15) is 4.98 Å². The fourth-order valence-electron chi connectivity index (χ4n) is 2.93. The first kappa shape index (κ1) is 16.1. The van der Waals surface area contributed by atoms with Crippen LogP contribution in [0, 0.1) is 5.92 Å². The Bertz CT molecular complexity index is 718. The van der Waals surface area contributed by atoms with Gasteiger partial charge in [-0.05, 0) is 63.0 Å². The van der Waals surface area contributed by atoms with Crippen molar-refractivity contribution in [3.8, 4) is 5.75 Å². The third-order valence-corrected chi connectivity index (χ3v) is 4.61. The molecule has 1 saturated carbocycles. The first-order valence-corrected chi connectivity index (χ1v) is 8.85. The Hall–Kier alpha value is -2.41. The fraction of sp³-hybridized carbons (Fsp3) is 0.500. The van der Waals surface area contributed by atoms with Gasteiger partial charge >= 0.3 is 0 Å². The summed E-state index contributed by atoms with van der Waals surface area (Å²) in [6, 6.07) is 7.36. The van der Waals surface area contributed by atoms with E-state index in [0.29, 0.717) is 17.5 Å². The van der Waals surface area contributed by atoms with Crippen LogP contribution in [0.3, 0.4) is 0 Å². The third kappa shape index (κ3) is 4.17. The van der Waals surface area contributed by atoms with Crippen molar-refractivity contribution in [2.45, 2.75) is 38.2 Å². The number of carbonyl (C=O) groups is 1. The van der Waals surface area contributed by atoms with Crippen LogP contribution in [-0.2, 0) is 11.4 Å². The molecule has 1 aromatic carbocycles. The number of nitrogens with one attached hydrogen (secondary N) is 2. The van der Waals surface area contributed by atoms with E-state index in [4.69, 9.17) is 9.26 Å². The van der Waals surface area contributed by atoms with Crippen molar-refractivity contribution in [1.82, 2.24) is 15.5 Å². The van der Waals surface area contributed by atoms with Gasteiger partial charge in [-0.25, -0.2) is 0 Å². The zero-order valence-electron chi connectivity index (χ0n) is 14.0. The van der Waals surface area contributed by atoms with E-state index in [-0.39, 0.29) is 18.4 Å². The van der Waals surface area contributed by atoms with E-state index in [9.17, 15) is 4.79 Å². The molecule has 4 rings (SSSR count). The van der Waals surface area contributed by atoms with Crippen LogP contribution >= 0.6 is 0 Å². The standard InChI is InChI=1S/C18H22N4O3/c23-17(12-7-9-19-10-8-12)20-14-3-5-15(6-4-14)24-11-16-21-18(25-22-16)13-1-2-13/h3-6,12-13,19H,1-2,7-11H2,(H,20,23). The molecule has 1 aliphatic carbocycles. The molecule has 1 saturated heterocycles. The number of carbonyl (C=O) groups excluding carboxylic acids is 1. The summed E-state index contributed by atoms with van der Waals surface area (Å²) in [5.41, 5.74) is 0.784. The number of anilines is 1. The highest BCUT2D eigenvalue weighted by Gasteiger charge is 2.29. The highest BCUT2D eigenvalue weighted by atomic mass is 16.5. The van der Waals surface area contributed by atoms with Crippen molar-refractivity contribution in [3.63, 3.8) is 0 Å². The summed E-state index contributed by atoms with van der Waals surface area (Å²) in [5.74, 6) is 2.62. The molecular formula is C18H22N4O3. The van der Waals surface area contributed by atoms with E-state index in [1.165, 1.54) is 0 Å². The molecule has 7 heteroatoms. The van der Waals surface area contributed by atoms with Crippen LogP contribution in [0.2, 0.25) is 0 Å². The van der Waals surface area contributed by atoms with Crippen LogP contribution < -0.4 is 15.4 Å². The van der Waals surface area contributed by atoms with E-state index < -0.39 is 0 Å². The third-order valence-electron chi connectivity index (χ3n) is 4.61. The van der Waals surface area contributed by atoms with Crippen LogP contribution in [0.25, 0.3) is 0 Å². The molecule has 7 nitrogen and oxygen atoms in total. The summed E-state index contributed by atoms with van der Waals surface area (Å²) in [5, 5.41) is 10.2. The molecule has 2 heterocycles. The largest absolute Gasteiger partial charge is 0.485 e. The molecule has 0 radical (unpaired) electrons. The van der Waals surface area contributed by atoms with Gasteiger partial charge in [0.15, 0.2) is 6.61 Å². The van der Waals surface area contributed by atoms with Crippen molar-refractivity contribution in [3.05, 3.63) is 36.0 Å². The van der Waals surface area contributed by atoms with Gasteiger partial charge in [0.25, 0.3) is 0 Å². The first-order chi connectivity index (χ1) is 12.3. The van der Waals surface area contributed by atoms with Crippen LogP contribution in [0.5, 0.6) is 5.75 Å². The highest BCUT2D eigenvalue weighted by molar-refractivity contribution is 5.92. The van der Waals surface area contributed by atoms with Gasteiger partial charge in [0.1, 0.15) is 5.75 Å². The zero-order chi connectivity index (χ0) is 17.1. The molecule has 2 fully saturated rings. The second kappa shape index (κ2) is 7.23. The van der Waals surface area contributed by atoms with Crippen molar-refractivity contribution >= 4 is 11.6 Å². The van der Waals surface area contributed by atoms with Crippen molar-refractivity contribution < 1.29 is 14.1 Å². The van der Waals surface area contributed by atoms with Crippen molar-refractivity contribution in [2.75, 3.05) is 18.4 Å². The summed E-state index contributed by atoms with van der Waals surface area (Å²) < 4.78 is 10.9. The summed E-state index contributed by atoms with van der Waals surface area (Å²) >= 11 is 0. The Kier molecular flexibility index (Phi) is 4.65. The molecule has 0 bridgehead atoms. The molecular weight excluding hydrogens is 320 g/mol. The van der Waals surface area contributed by atoms with E-state index >= 15 is 0 Å². The monoisotopic (exact) mass is 342 g/mol. The number of benzene rings is 1. The molecule has 2 aromatic rings. The number of rotatable bonds is 6. The summed E-state index contributed by atoms with van der Waals surface area (Å²) in [6.45, 7) is 2.09. The predicted molar refractivity (Wildman–Crippen MR) is 91.3 cm³/mol. The quantitative estimate of drug-likeness (QED) is 0.838. The molecule has 1 aliphatic heterocycles. The van der Waals surface area contributed by atoms with E-state index in [2.05, 4.69) is 20.8 Å². The Morgan fingerprint density at radius 1 is 1.20 bits per heavy atom. The van der Waals surface area contributed by atoms with E-state index in [0.717, 1.165) is 50.4 Å². The van der Waals surface area contributed by atoms with Gasteiger partial charge in [0.05, 0.1) is 0 Å². The second-order valence-corrected chi connectivity index (χ2v) is 6.65. The van der Waals surface area contributed by atoms with Crippen molar-refractivity contribution in [1.29, 1.82) is 0 Å². The molecule has 1 aromatic heterocycles. The number of hydrogen-bond acceptors (Lipinski definition) is 6. The minimum Gasteiger partial charge on any atom is -0.485 e. The van der Waals surface area contributed by atoms with E-state index in [1.807, 2.05) is 24.3 Å². The molecule has 25 heavy (non-hydrogen) atoms. The molecule has 0 unspecified atom stereocenters. The molecule has 0 spiro atoms. The minimum absolute atomic E-state index is 0.0922. The Labute approximate surface area is 146 Å². The van der Waals surface area contributed by atoms with Crippen molar-refractivity contribution in [2.24, 2.45) is 5.92 Å². The smallest absolute Gasteiger partial charge is 0.229 e. The fourth-order valence-corrected chi connectivity index (χ4v) is 2.93. The lowest BCUT2D eigenvalue weighted by atomic mass is 9.97. The number of ether oxygens (including phenoxy) is 1. The number of nitrogens with zero attached hydrogens (tertiary/aromatic N) is 2. The lowest BCUT2D eigenvalue weighted by molar-refractivity contribution is -0.120. The number of amides is 1. The number of piperidine rings is 1. The van der Waals surface area contributed by atoms with Crippen LogP contribution in [0.4, 0.5) is 5.69 Å². The maximum atomic E-state index is 12.2. The van der Waals surface area contributed by atoms with E-state index in [1.54, 1.807) is 0 Å². The molecule has 132 valence electrons. The summed E-state index contributed by atoms with van der Waals surface area (Å²) in [6.07, 6.45) is 4.04. The van der Waals surface area contributed by atoms with Crippen LogP contribution in [0.1, 0.15) is 43.3 Å². The van der Waals surface area contributed by atoms with Crippen LogP contribution in [-0.4, -0.2) is 29.1 Å². The zero-order valence-corrected chi connectivity index (χ0v) is 14.0. The van der Waals surface area contributed by atoms with Gasteiger partial charge < -0.3 is 19.9 Å². The van der Waals surface area contributed by atoms with Gasteiger partial charge in [0.2, 0.25) is 17.6 Å². The SMILES string of the molecule is O=C(Nc1ccc(OCc2noc(C3CC3)n2)cc1)C1CCNCC1. The molecule has 2 N–H and O–H groups in total. The average molecular weight is 342 g/mol. The molecule has 0 atom stereocenters. The Morgan fingerprint density at radius 2 is 1.96 bits per heavy atom. The maximum Gasteiger partial charge on any atom is 0.229 e. The lowest BCUT2D eigenvalue weighted by Crippen LogP contribution is -2.34. The summed E-state index contributed by atoms with van der Waals surface area (Å²) in [4.78, 5) is 16.6. The lowest BCUT2D eigenvalue weighted by Gasteiger charge is -2.21. The van der Waals surface area contributed by atoms with Gasteiger partial charge in [0, 0.05) is 17.5 Å². The first-order valence-electron chi connectivity index (χ1n) is 8.85. The van der Waals surface area contributed by atoms with Gasteiger partial charge in [-0.1, -0.05) is 5.16 Å². The van der Waals surface area contributed by atoms with Crippen LogP contribution in [0.15, 0.2) is 28.8 Å². The Morgan fingerprint density at radius 3 is 2.68 bits per heavy atom. The minimum atomic E-state index is 0.0922. The number of aromatic nitrogens is 2. The summed E-state index contributed by atoms with van der Waals surface area (Å²) in [7, 11) is 0. The number of hydrogen-bond donors (Lipinski definition) is 2. The normalized spacial score (nSPS) is 18.1. The topological polar surface area (TPSA) is 89.3 Å².